The van der Waals surface area contributed by atoms with Crippen molar-refractivity contribution in [1.82, 2.24) is 15.5 Å². The first kappa shape index (κ1) is 30.9. The van der Waals surface area contributed by atoms with Crippen LogP contribution in [0.3, 0.4) is 0 Å². The molecule has 0 heterocycles. The van der Waals surface area contributed by atoms with E-state index in [1.54, 1.807) is 39.8 Å². The lowest BCUT2D eigenvalue weighted by Gasteiger charge is -2.35. The van der Waals surface area contributed by atoms with Gasteiger partial charge < -0.3 is 30.1 Å². The van der Waals surface area contributed by atoms with E-state index in [0.717, 1.165) is 0 Å². The van der Waals surface area contributed by atoms with Gasteiger partial charge in [-0.15, -0.1) is 0 Å². The molecule has 0 bridgehead atoms. The molecule has 3 amide bonds. The van der Waals surface area contributed by atoms with Gasteiger partial charge in [-0.05, 0) is 70.1 Å². The highest BCUT2D eigenvalue weighted by Crippen LogP contribution is 2.41. The summed E-state index contributed by atoms with van der Waals surface area (Å²) in [6.07, 6.45) is 0.300. The molecule has 1 saturated carbocycles. The van der Waals surface area contributed by atoms with Crippen molar-refractivity contribution >= 4 is 23.9 Å². The Hall–Kier alpha value is -3.30. The molecular weight excluding hydrogens is 490 g/mol. The van der Waals surface area contributed by atoms with Crippen LogP contribution >= 0.6 is 0 Å². The van der Waals surface area contributed by atoms with Gasteiger partial charge in [-0.1, -0.05) is 32.9 Å². The van der Waals surface area contributed by atoms with Crippen LogP contribution < -0.4 is 10.6 Å². The summed E-state index contributed by atoms with van der Waals surface area (Å²) in [6, 6.07) is 3.96. The predicted molar refractivity (Wildman–Crippen MR) is 142 cm³/mol. The lowest BCUT2D eigenvalue weighted by molar-refractivity contribution is -0.145. The summed E-state index contributed by atoms with van der Waals surface area (Å²) in [7, 11) is 0. The van der Waals surface area contributed by atoms with Crippen molar-refractivity contribution in [2.45, 2.75) is 91.5 Å². The van der Waals surface area contributed by atoms with Crippen LogP contribution in [0.15, 0.2) is 24.3 Å². The van der Waals surface area contributed by atoms with Crippen LogP contribution in [0.1, 0.15) is 79.3 Å². The summed E-state index contributed by atoms with van der Waals surface area (Å²) in [4.78, 5) is 53.6. The SMILES string of the molecule is CCOC(=O)CCNC(=O)C(c1cccc(O)c1)N(C(=O)C(CC(C)C)NC(=O)OC(C)(C)C)C1CC1C. The quantitative estimate of drug-likeness (QED) is 0.349. The summed E-state index contributed by atoms with van der Waals surface area (Å²) in [5.41, 5.74) is -0.324. The molecule has 2 rings (SSSR count). The van der Waals surface area contributed by atoms with Gasteiger partial charge in [0.1, 0.15) is 23.4 Å². The van der Waals surface area contributed by atoms with Crippen molar-refractivity contribution in [2.75, 3.05) is 13.2 Å². The summed E-state index contributed by atoms with van der Waals surface area (Å²) in [6.45, 7) is 13.1. The molecule has 4 atom stereocenters. The van der Waals surface area contributed by atoms with E-state index in [-0.39, 0.29) is 43.2 Å². The molecule has 4 unspecified atom stereocenters. The van der Waals surface area contributed by atoms with Gasteiger partial charge in [-0.25, -0.2) is 4.79 Å². The molecule has 1 aliphatic rings. The third kappa shape index (κ3) is 9.54. The van der Waals surface area contributed by atoms with Gasteiger partial charge in [-0.3, -0.25) is 14.4 Å². The number of esters is 1. The van der Waals surface area contributed by atoms with Crippen LogP contribution in [0.4, 0.5) is 4.79 Å². The Morgan fingerprint density at radius 3 is 2.37 bits per heavy atom. The monoisotopic (exact) mass is 533 g/mol. The summed E-state index contributed by atoms with van der Waals surface area (Å²) < 4.78 is 10.3. The Balaban J connectivity index is 2.42. The third-order valence-corrected chi connectivity index (χ3v) is 6.02. The maximum Gasteiger partial charge on any atom is 0.408 e. The summed E-state index contributed by atoms with van der Waals surface area (Å²) in [5.74, 6) is -1.18. The lowest BCUT2D eigenvalue weighted by atomic mass is 9.98. The maximum absolute atomic E-state index is 14.1. The van der Waals surface area contributed by atoms with E-state index >= 15 is 0 Å². The van der Waals surface area contributed by atoms with Crippen molar-refractivity contribution in [1.29, 1.82) is 0 Å². The van der Waals surface area contributed by atoms with Gasteiger partial charge in [0.05, 0.1) is 13.0 Å². The third-order valence-electron chi connectivity index (χ3n) is 6.02. The van der Waals surface area contributed by atoms with Crippen molar-refractivity contribution in [2.24, 2.45) is 11.8 Å². The molecule has 38 heavy (non-hydrogen) atoms. The van der Waals surface area contributed by atoms with Gasteiger partial charge in [-0.2, -0.15) is 0 Å². The summed E-state index contributed by atoms with van der Waals surface area (Å²) >= 11 is 0. The minimum Gasteiger partial charge on any atom is -0.508 e. The predicted octanol–water partition coefficient (Wildman–Crippen LogP) is 3.68. The van der Waals surface area contributed by atoms with Gasteiger partial charge in [0, 0.05) is 12.6 Å². The van der Waals surface area contributed by atoms with Crippen LogP contribution in [0.2, 0.25) is 0 Å². The molecule has 0 radical (unpaired) electrons. The number of carbonyl (C=O) groups excluding carboxylic acids is 4. The highest BCUT2D eigenvalue weighted by molar-refractivity contribution is 5.92. The van der Waals surface area contributed by atoms with E-state index in [2.05, 4.69) is 10.6 Å². The zero-order valence-electron chi connectivity index (χ0n) is 23.6. The number of hydrogen-bond acceptors (Lipinski definition) is 7. The Morgan fingerprint density at radius 1 is 1.18 bits per heavy atom. The molecule has 1 aromatic carbocycles. The van der Waals surface area contributed by atoms with Gasteiger partial charge >= 0.3 is 12.1 Å². The average molecular weight is 534 g/mol. The molecule has 212 valence electrons. The molecule has 1 fully saturated rings. The molecule has 0 aromatic heterocycles. The smallest absolute Gasteiger partial charge is 0.408 e. The van der Waals surface area contributed by atoms with Gasteiger partial charge in [0.15, 0.2) is 0 Å². The zero-order valence-corrected chi connectivity index (χ0v) is 23.6. The maximum atomic E-state index is 14.1. The van der Waals surface area contributed by atoms with Crippen LogP contribution in [0.5, 0.6) is 5.75 Å². The van der Waals surface area contributed by atoms with E-state index in [0.29, 0.717) is 18.4 Å². The number of alkyl carbamates (subject to hydrolysis) is 1. The van der Waals surface area contributed by atoms with Crippen molar-refractivity contribution in [3.8, 4) is 5.75 Å². The standard InChI is InChI=1S/C28H43N3O7/c1-8-37-23(33)12-13-29-25(34)24(19-10-9-11-20(32)16-19)31(22-15-18(22)4)26(35)21(14-17(2)3)30-27(36)38-28(5,6)7/h9-11,16-18,21-22,24,32H,8,12-15H2,1-7H3,(H,29,34)(H,30,36). The second kappa shape index (κ2) is 13.5. The van der Waals surface area contributed by atoms with Crippen molar-refractivity contribution in [3.05, 3.63) is 29.8 Å². The molecule has 10 heteroatoms. The van der Waals surface area contributed by atoms with Gasteiger partial charge in [0.2, 0.25) is 11.8 Å². The second-order valence-corrected chi connectivity index (χ2v) is 11.2. The lowest BCUT2D eigenvalue weighted by Crippen LogP contribution is -2.54. The fraction of sp³-hybridized carbons (Fsp3) is 0.643. The molecule has 3 N–H and O–H groups in total. The number of phenols is 1. The second-order valence-electron chi connectivity index (χ2n) is 11.2. The number of phenolic OH excluding ortho intramolecular Hbond substituents is 1. The first-order chi connectivity index (χ1) is 17.7. The molecule has 1 aromatic rings. The molecule has 10 nitrogen and oxygen atoms in total. The Labute approximate surface area is 225 Å². The first-order valence-corrected chi connectivity index (χ1v) is 13.3. The first-order valence-electron chi connectivity index (χ1n) is 13.3. The number of nitrogens with zero attached hydrogens (tertiary/aromatic N) is 1. The summed E-state index contributed by atoms with van der Waals surface area (Å²) in [5, 5.41) is 15.6. The largest absolute Gasteiger partial charge is 0.508 e. The Kier molecular flexibility index (Phi) is 11.0. The number of benzene rings is 1. The number of nitrogens with one attached hydrogen (secondary N) is 2. The number of hydrogen-bond donors (Lipinski definition) is 3. The molecule has 0 spiro atoms. The van der Waals surface area contributed by atoms with E-state index in [9.17, 15) is 24.3 Å². The highest BCUT2D eigenvalue weighted by Gasteiger charge is 2.48. The van der Waals surface area contributed by atoms with E-state index in [1.165, 1.54) is 17.0 Å². The van der Waals surface area contributed by atoms with E-state index in [4.69, 9.17) is 9.47 Å². The fourth-order valence-corrected chi connectivity index (χ4v) is 4.25. The minimum atomic E-state index is -1.08. The van der Waals surface area contributed by atoms with Crippen molar-refractivity contribution < 1.29 is 33.8 Å². The minimum absolute atomic E-state index is 0.0176. The molecule has 0 saturated heterocycles. The van der Waals surface area contributed by atoms with E-state index < -0.39 is 41.6 Å². The van der Waals surface area contributed by atoms with Crippen molar-refractivity contribution in [3.63, 3.8) is 0 Å². The van der Waals surface area contributed by atoms with Crippen LogP contribution in [-0.4, -0.2) is 64.7 Å². The number of amides is 3. The molecule has 0 aliphatic heterocycles. The number of carbonyl (C=O) groups is 4. The molecular formula is C28H43N3O7. The normalized spacial score (nSPS) is 18.2. The number of rotatable bonds is 12. The zero-order chi connectivity index (χ0) is 28.6. The van der Waals surface area contributed by atoms with Crippen LogP contribution in [0.25, 0.3) is 0 Å². The Bertz CT molecular complexity index is 989. The van der Waals surface area contributed by atoms with E-state index in [1.807, 2.05) is 20.8 Å². The highest BCUT2D eigenvalue weighted by atomic mass is 16.6. The number of aromatic hydroxyl groups is 1. The number of ether oxygens (including phenoxy) is 2. The molecule has 1 aliphatic carbocycles. The topological polar surface area (TPSA) is 134 Å². The van der Waals surface area contributed by atoms with Crippen LogP contribution in [0, 0.1) is 11.8 Å². The average Bonchev–Trinajstić information content (AvgIpc) is 3.50. The van der Waals surface area contributed by atoms with Crippen LogP contribution in [-0.2, 0) is 23.9 Å². The Morgan fingerprint density at radius 2 is 1.84 bits per heavy atom. The van der Waals surface area contributed by atoms with Gasteiger partial charge in [0.25, 0.3) is 0 Å². The fourth-order valence-electron chi connectivity index (χ4n) is 4.25.